The maximum Gasteiger partial charge on any atom is 0.119 e. The Morgan fingerprint density at radius 3 is 2.23 bits per heavy atom. The lowest BCUT2D eigenvalue weighted by Crippen LogP contribution is -2.19. The number of fused-ring (bicyclic) bond motifs is 1. The van der Waals surface area contributed by atoms with Crippen LogP contribution in [0, 0.1) is 0 Å². The predicted octanol–water partition coefficient (Wildman–Crippen LogP) is 5.74. The van der Waals surface area contributed by atoms with Gasteiger partial charge in [0, 0.05) is 6.54 Å². The Hall–Kier alpha value is -3.04. The third-order valence-corrected chi connectivity index (χ3v) is 5.90. The molecule has 0 N–H and O–H groups in total. The van der Waals surface area contributed by atoms with Crippen LogP contribution in [0.2, 0.25) is 0 Å². The minimum atomic E-state index is 0.701. The minimum Gasteiger partial charge on any atom is -0.497 e. The first-order valence-corrected chi connectivity index (χ1v) is 11.0. The molecule has 0 atom stereocenters. The van der Waals surface area contributed by atoms with Gasteiger partial charge in [0.15, 0.2) is 0 Å². The van der Waals surface area contributed by atoms with E-state index in [1.807, 2.05) is 0 Å². The number of ether oxygens (including phenoxy) is 2. The second kappa shape index (κ2) is 9.84. The highest BCUT2D eigenvalue weighted by atomic mass is 16.5. The molecule has 160 valence electrons. The van der Waals surface area contributed by atoms with E-state index in [9.17, 15) is 0 Å². The van der Waals surface area contributed by atoms with E-state index < -0.39 is 0 Å². The molecule has 0 radical (unpaired) electrons. The van der Waals surface area contributed by atoms with Crippen LogP contribution < -0.4 is 9.47 Å². The zero-order valence-corrected chi connectivity index (χ0v) is 18.7. The fraction of sp³-hybridized carbons (Fsp3) is 0.286. The summed E-state index contributed by atoms with van der Waals surface area (Å²) < 4.78 is 11.2. The quantitative estimate of drug-likeness (QED) is 0.470. The van der Waals surface area contributed by atoms with Gasteiger partial charge in [0.2, 0.25) is 0 Å². The third kappa shape index (κ3) is 5.18. The van der Waals surface area contributed by atoms with Crippen molar-refractivity contribution < 1.29 is 9.47 Å². The van der Waals surface area contributed by atoms with Crippen LogP contribution in [0.1, 0.15) is 28.7 Å². The molecule has 4 rings (SSSR count). The van der Waals surface area contributed by atoms with Crippen molar-refractivity contribution in [1.82, 2.24) is 4.90 Å². The summed E-state index contributed by atoms with van der Waals surface area (Å²) in [5, 5.41) is 0. The minimum absolute atomic E-state index is 0.701. The maximum atomic E-state index is 5.86. The van der Waals surface area contributed by atoms with E-state index in [1.165, 1.54) is 33.4 Å². The molecule has 3 heteroatoms. The summed E-state index contributed by atoms with van der Waals surface area (Å²) in [4.78, 5) is 2.13. The average molecular weight is 414 g/mol. The van der Waals surface area contributed by atoms with Crippen molar-refractivity contribution >= 4 is 11.1 Å². The molecule has 31 heavy (non-hydrogen) atoms. The summed E-state index contributed by atoms with van der Waals surface area (Å²) in [5.74, 6) is 1.82. The molecule has 0 aliphatic heterocycles. The highest BCUT2D eigenvalue weighted by Gasteiger charge is 2.20. The SMILES string of the molecule is COc1ccc(C2=C(Cc3ccc(OCCN(C)C)cc3)c3ccccc3CC2)cc1. The summed E-state index contributed by atoms with van der Waals surface area (Å²) in [5.41, 5.74) is 8.27. The van der Waals surface area contributed by atoms with Crippen molar-refractivity contribution in [3.05, 3.63) is 95.1 Å². The highest BCUT2D eigenvalue weighted by molar-refractivity contribution is 5.94. The fourth-order valence-electron chi connectivity index (χ4n) is 4.17. The van der Waals surface area contributed by atoms with Gasteiger partial charge >= 0.3 is 0 Å². The predicted molar refractivity (Wildman–Crippen MR) is 129 cm³/mol. The van der Waals surface area contributed by atoms with E-state index >= 15 is 0 Å². The Balaban J connectivity index is 1.62. The van der Waals surface area contributed by atoms with Crippen molar-refractivity contribution in [3.8, 4) is 11.5 Å². The lowest BCUT2D eigenvalue weighted by atomic mass is 9.80. The van der Waals surface area contributed by atoms with Crippen LogP contribution in [-0.2, 0) is 12.8 Å². The number of aryl methyl sites for hydroxylation is 1. The second-order valence-corrected chi connectivity index (χ2v) is 8.32. The van der Waals surface area contributed by atoms with Crippen LogP contribution in [-0.4, -0.2) is 39.3 Å². The molecule has 0 amide bonds. The molecule has 1 aliphatic rings. The fourth-order valence-corrected chi connectivity index (χ4v) is 4.17. The average Bonchev–Trinajstić information content (AvgIpc) is 2.80. The van der Waals surface area contributed by atoms with Gasteiger partial charge in [-0.05, 0) is 91.0 Å². The van der Waals surface area contributed by atoms with Gasteiger partial charge < -0.3 is 14.4 Å². The van der Waals surface area contributed by atoms with Crippen molar-refractivity contribution in [2.45, 2.75) is 19.3 Å². The molecule has 0 spiro atoms. The summed E-state index contributed by atoms with van der Waals surface area (Å²) in [6.45, 7) is 1.61. The van der Waals surface area contributed by atoms with Crippen LogP contribution in [0.5, 0.6) is 11.5 Å². The molecular formula is C28H31NO2. The zero-order chi connectivity index (χ0) is 21.6. The largest absolute Gasteiger partial charge is 0.497 e. The lowest BCUT2D eigenvalue weighted by Gasteiger charge is -2.24. The van der Waals surface area contributed by atoms with E-state index in [0.717, 1.165) is 37.3 Å². The Morgan fingerprint density at radius 2 is 1.52 bits per heavy atom. The molecule has 0 saturated heterocycles. The summed E-state index contributed by atoms with van der Waals surface area (Å²) in [6, 6.07) is 25.9. The standard InChI is InChI=1S/C28H31NO2/c1-29(2)18-19-31-25-13-8-21(9-14-25)20-28-26-7-5-4-6-22(26)12-17-27(28)23-10-15-24(30-3)16-11-23/h4-11,13-16H,12,17-20H2,1-3H3. The maximum absolute atomic E-state index is 5.86. The van der Waals surface area contributed by atoms with Gasteiger partial charge in [-0.1, -0.05) is 48.5 Å². The van der Waals surface area contributed by atoms with Gasteiger partial charge in [0.05, 0.1) is 7.11 Å². The number of hydrogen-bond acceptors (Lipinski definition) is 3. The molecule has 0 fully saturated rings. The smallest absolute Gasteiger partial charge is 0.119 e. The number of hydrogen-bond donors (Lipinski definition) is 0. The number of rotatable bonds is 8. The van der Waals surface area contributed by atoms with Gasteiger partial charge in [0.1, 0.15) is 18.1 Å². The zero-order valence-electron chi connectivity index (χ0n) is 18.7. The van der Waals surface area contributed by atoms with E-state index in [1.54, 1.807) is 7.11 Å². The molecule has 3 nitrogen and oxygen atoms in total. The highest BCUT2D eigenvalue weighted by Crippen LogP contribution is 2.39. The van der Waals surface area contributed by atoms with Crippen molar-refractivity contribution in [2.24, 2.45) is 0 Å². The van der Waals surface area contributed by atoms with E-state index in [4.69, 9.17) is 9.47 Å². The summed E-state index contributed by atoms with van der Waals surface area (Å²) in [6.07, 6.45) is 3.06. The summed E-state index contributed by atoms with van der Waals surface area (Å²) in [7, 11) is 5.83. The van der Waals surface area contributed by atoms with Crippen LogP contribution in [0.4, 0.5) is 0 Å². The Labute approximate surface area is 185 Å². The van der Waals surface area contributed by atoms with Crippen LogP contribution >= 0.6 is 0 Å². The molecule has 1 aliphatic carbocycles. The van der Waals surface area contributed by atoms with Crippen molar-refractivity contribution in [2.75, 3.05) is 34.4 Å². The summed E-state index contributed by atoms with van der Waals surface area (Å²) >= 11 is 0. The molecule has 3 aromatic carbocycles. The van der Waals surface area contributed by atoms with E-state index in [0.29, 0.717) is 6.61 Å². The second-order valence-electron chi connectivity index (χ2n) is 8.32. The molecule has 0 heterocycles. The van der Waals surface area contributed by atoms with Gasteiger partial charge in [-0.25, -0.2) is 0 Å². The van der Waals surface area contributed by atoms with Crippen LogP contribution in [0.25, 0.3) is 11.1 Å². The topological polar surface area (TPSA) is 21.7 Å². The molecular weight excluding hydrogens is 382 g/mol. The first kappa shape index (κ1) is 21.2. The lowest BCUT2D eigenvalue weighted by molar-refractivity contribution is 0.261. The van der Waals surface area contributed by atoms with Gasteiger partial charge in [-0.3, -0.25) is 0 Å². The molecule has 3 aromatic rings. The monoisotopic (exact) mass is 413 g/mol. The van der Waals surface area contributed by atoms with Crippen molar-refractivity contribution in [1.29, 1.82) is 0 Å². The van der Waals surface area contributed by atoms with Crippen molar-refractivity contribution in [3.63, 3.8) is 0 Å². The van der Waals surface area contributed by atoms with E-state index in [2.05, 4.69) is 91.8 Å². The number of allylic oxidation sites excluding steroid dienone is 2. The Kier molecular flexibility index (Phi) is 6.73. The van der Waals surface area contributed by atoms with Crippen LogP contribution in [0.15, 0.2) is 72.8 Å². The Morgan fingerprint density at radius 1 is 0.806 bits per heavy atom. The molecule has 0 saturated carbocycles. The number of nitrogens with zero attached hydrogens (tertiary/aromatic N) is 1. The molecule has 0 bridgehead atoms. The van der Waals surface area contributed by atoms with Gasteiger partial charge in [0.25, 0.3) is 0 Å². The number of likely N-dealkylation sites (N-methyl/N-ethyl adjacent to an activating group) is 1. The van der Waals surface area contributed by atoms with Gasteiger partial charge in [-0.15, -0.1) is 0 Å². The Bertz CT molecular complexity index is 1030. The van der Waals surface area contributed by atoms with Crippen LogP contribution in [0.3, 0.4) is 0 Å². The molecule has 0 unspecified atom stereocenters. The third-order valence-electron chi connectivity index (χ3n) is 5.90. The number of benzene rings is 3. The van der Waals surface area contributed by atoms with Gasteiger partial charge in [-0.2, -0.15) is 0 Å². The first-order chi connectivity index (χ1) is 15.1. The first-order valence-electron chi connectivity index (χ1n) is 11.0. The van der Waals surface area contributed by atoms with E-state index in [-0.39, 0.29) is 0 Å². The number of methoxy groups -OCH3 is 1. The normalized spacial score (nSPS) is 13.3. The molecule has 0 aromatic heterocycles.